The first-order chi connectivity index (χ1) is 13.6. The summed E-state index contributed by atoms with van der Waals surface area (Å²) in [6.07, 6.45) is 3.97. The summed E-state index contributed by atoms with van der Waals surface area (Å²) in [6, 6.07) is 7.73. The van der Waals surface area contributed by atoms with Crippen molar-refractivity contribution in [2.24, 2.45) is 5.41 Å². The second-order valence-electron chi connectivity index (χ2n) is 9.84. The highest BCUT2D eigenvalue weighted by molar-refractivity contribution is 5.79. The monoisotopic (exact) mass is 401 g/mol. The van der Waals surface area contributed by atoms with Gasteiger partial charge in [0.2, 0.25) is 0 Å². The van der Waals surface area contributed by atoms with E-state index in [0.717, 1.165) is 24.8 Å². The van der Waals surface area contributed by atoms with E-state index >= 15 is 0 Å². The second kappa shape index (κ2) is 8.47. The summed E-state index contributed by atoms with van der Waals surface area (Å²) in [4.78, 5) is 26.8. The quantitative estimate of drug-likeness (QED) is 0.798. The fourth-order valence-corrected chi connectivity index (χ4v) is 4.87. The highest BCUT2D eigenvalue weighted by Gasteiger charge is 2.42. The Bertz CT molecular complexity index is 753. The fourth-order valence-electron chi connectivity index (χ4n) is 4.87. The van der Waals surface area contributed by atoms with Gasteiger partial charge in [-0.1, -0.05) is 31.2 Å². The van der Waals surface area contributed by atoms with E-state index in [4.69, 9.17) is 4.74 Å². The van der Waals surface area contributed by atoms with Crippen LogP contribution in [0.25, 0.3) is 0 Å². The minimum atomic E-state index is -0.693. The minimum Gasteiger partial charge on any atom is -0.444 e. The molecule has 0 bridgehead atoms. The predicted molar refractivity (Wildman–Crippen MR) is 113 cm³/mol. The Morgan fingerprint density at radius 1 is 1.31 bits per heavy atom. The van der Waals surface area contributed by atoms with E-state index in [-0.39, 0.29) is 17.6 Å². The lowest BCUT2D eigenvalue weighted by molar-refractivity contribution is -0.125. The zero-order valence-electron chi connectivity index (χ0n) is 18.2. The Morgan fingerprint density at radius 2 is 2.00 bits per heavy atom. The lowest BCUT2D eigenvalue weighted by Crippen LogP contribution is -2.53. The number of hydrogen-bond acceptors (Lipinski definition) is 4. The number of aliphatic hydroxyl groups excluding tert-OH is 1. The van der Waals surface area contributed by atoms with E-state index in [2.05, 4.69) is 13.0 Å². The van der Waals surface area contributed by atoms with Crippen molar-refractivity contribution >= 4 is 11.9 Å². The van der Waals surface area contributed by atoms with E-state index in [1.165, 1.54) is 5.56 Å². The van der Waals surface area contributed by atoms with Crippen molar-refractivity contribution in [1.29, 1.82) is 0 Å². The molecule has 2 aliphatic rings. The summed E-state index contributed by atoms with van der Waals surface area (Å²) >= 11 is 0. The molecular formula is C24H35NO4. The van der Waals surface area contributed by atoms with Crippen LogP contribution in [0.3, 0.4) is 0 Å². The van der Waals surface area contributed by atoms with Crippen LogP contribution in [0.5, 0.6) is 0 Å². The average molecular weight is 402 g/mol. The van der Waals surface area contributed by atoms with Crippen LogP contribution in [0.1, 0.15) is 77.3 Å². The van der Waals surface area contributed by atoms with Gasteiger partial charge in [-0.25, -0.2) is 4.79 Å². The van der Waals surface area contributed by atoms with Crippen LogP contribution in [-0.2, 0) is 22.5 Å². The summed E-state index contributed by atoms with van der Waals surface area (Å²) in [6.45, 7) is 8.10. The first-order valence-corrected chi connectivity index (χ1v) is 10.9. The Balaban J connectivity index is 1.84. The Morgan fingerprint density at radius 3 is 2.62 bits per heavy atom. The number of fused-ring (bicyclic) bond motifs is 1. The molecule has 1 aliphatic heterocycles. The van der Waals surface area contributed by atoms with E-state index < -0.39 is 11.7 Å². The molecule has 1 fully saturated rings. The van der Waals surface area contributed by atoms with Gasteiger partial charge in [-0.3, -0.25) is 9.69 Å². The third-order valence-corrected chi connectivity index (χ3v) is 6.49. The SMILES string of the molecule is CCC1(C[C@@H](O)[C@@H]2Cc3ccccc3CN2C(=O)OC(C)(C)C)CCCC(=O)C1. The number of Topliss-reactive ketones (excluding diaryl/α,β-unsaturated/α-hetero) is 1. The second-order valence-corrected chi connectivity index (χ2v) is 9.84. The fraction of sp³-hybridized carbons (Fsp3) is 0.667. The maximum atomic E-state index is 13.0. The molecule has 160 valence electrons. The zero-order valence-corrected chi connectivity index (χ0v) is 18.2. The van der Waals surface area contributed by atoms with Crippen LogP contribution in [0.4, 0.5) is 4.79 Å². The van der Waals surface area contributed by atoms with Crippen molar-refractivity contribution in [2.75, 3.05) is 0 Å². The molecule has 5 nitrogen and oxygen atoms in total. The van der Waals surface area contributed by atoms with Gasteiger partial charge in [0, 0.05) is 19.4 Å². The van der Waals surface area contributed by atoms with Gasteiger partial charge in [-0.05, 0) is 69.4 Å². The minimum absolute atomic E-state index is 0.161. The summed E-state index contributed by atoms with van der Waals surface area (Å²) in [5.41, 5.74) is 1.51. The van der Waals surface area contributed by atoms with Crippen molar-refractivity contribution in [2.45, 2.75) is 96.9 Å². The van der Waals surface area contributed by atoms with Gasteiger partial charge in [0.25, 0.3) is 0 Å². The molecular weight excluding hydrogens is 366 g/mol. The van der Waals surface area contributed by atoms with Crippen LogP contribution in [0, 0.1) is 5.41 Å². The number of rotatable bonds is 4. The van der Waals surface area contributed by atoms with Crippen LogP contribution < -0.4 is 0 Å². The van der Waals surface area contributed by atoms with Crippen LogP contribution in [0.15, 0.2) is 24.3 Å². The molecule has 1 amide bonds. The van der Waals surface area contributed by atoms with Crippen molar-refractivity contribution in [3.05, 3.63) is 35.4 Å². The van der Waals surface area contributed by atoms with E-state index in [0.29, 0.717) is 38.0 Å². The molecule has 29 heavy (non-hydrogen) atoms. The largest absolute Gasteiger partial charge is 0.444 e. The van der Waals surface area contributed by atoms with Crippen LogP contribution in [-0.4, -0.2) is 39.6 Å². The lowest BCUT2D eigenvalue weighted by atomic mass is 9.67. The molecule has 1 heterocycles. The van der Waals surface area contributed by atoms with E-state index in [1.54, 1.807) is 4.90 Å². The third-order valence-electron chi connectivity index (χ3n) is 6.49. The first-order valence-electron chi connectivity index (χ1n) is 10.9. The summed E-state index contributed by atoms with van der Waals surface area (Å²) in [5, 5.41) is 11.3. The van der Waals surface area contributed by atoms with Gasteiger partial charge >= 0.3 is 6.09 Å². The lowest BCUT2D eigenvalue weighted by Gasteiger charge is -2.44. The maximum Gasteiger partial charge on any atom is 0.410 e. The number of ketones is 1. The van der Waals surface area contributed by atoms with E-state index in [9.17, 15) is 14.7 Å². The molecule has 1 N–H and O–H groups in total. The number of nitrogens with zero attached hydrogens (tertiary/aromatic N) is 1. The molecule has 0 saturated heterocycles. The highest BCUT2D eigenvalue weighted by atomic mass is 16.6. The molecule has 3 atom stereocenters. The Kier molecular flexibility index (Phi) is 6.37. The smallest absolute Gasteiger partial charge is 0.410 e. The number of ether oxygens (including phenoxy) is 1. The van der Waals surface area contributed by atoms with Crippen molar-refractivity contribution in [1.82, 2.24) is 4.90 Å². The molecule has 1 aliphatic carbocycles. The maximum absolute atomic E-state index is 13.0. The molecule has 1 aromatic rings. The normalized spacial score (nSPS) is 26.0. The standard InChI is InChI=1S/C24H35NO4/c1-5-24(12-8-11-19(26)14-24)15-21(27)20-13-17-9-6-7-10-18(17)16-25(20)22(28)29-23(2,3)4/h6-7,9-10,20-21,27H,5,8,11-16H2,1-4H3/t20-,21+,24?/m0/s1. The topological polar surface area (TPSA) is 66.8 Å². The number of aliphatic hydroxyl groups is 1. The summed E-state index contributed by atoms with van der Waals surface area (Å²) < 4.78 is 5.65. The molecule has 1 unspecified atom stereocenters. The molecule has 3 rings (SSSR count). The first kappa shape index (κ1) is 21.8. The molecule has 0 aromatic heterocycles. The van der Waals surface area contributed by atoms with Crippen LogP contribution >= 0.6 is 0 Å². The summed E-state index contributed by atoms with van der Waals surface area (Å²) in [5.74, 6) is 0.295. The Labute approximate surface area is 174 Å². The van der Waals surface area contributed by atoms with Gasteiger partial charge in [0.15, 0.2) is 0 Å². The van der Waals surface area contributed by atoms with Crippen LogP contribution in [0.2, 0.25) is 0 Å². The Hall–Kier alpha value is -1.88. The molecule has 1 saturated carbocycles. The number of carbonyl (C=O) groups is 2. The zero-order chi connectivity index (χ0) is 21.2. The predicted octanol–water partition coefficient (Wildman–Crippen LogP) is 4.64. The number of benzene rings is 1. The summed E-state index contributed by atoms with van der Waals surface area (Å²) in [7, 11) is 0. The molecule has 5 heteroatoms. The average Bonchev–Trinajstić information content (AvgIpc) is 2.65. The van der Waals surface area contributed by atoms with Gasteiger partial charge < -0.3 is 9.84 Å². The van der Waals surface area contributed by atoms with Gasteiger partial charge in [0.1, 0.15) is 11.4 Å². The number of carbonyl (C=O) groups excluding carboxylic acids is 2. The van der Waals surface area contributed by atoms with Crippen molar-refractivity contribution in [3.63, 3.8) is 0 Å². The highest BCUT2D eigenvalue weighted by Crippen LogP contribution is 2.43. The number of amides is 1. The van der Waals surface area contributed by atoms with Gasteiger partial charge in [-0.2, -0.15) is 0 Å². The number of hydrogen-bond donors (Lipinski definition) is 1. The van der Waals surface area contributed by atoms with Crippen molar-refractivity contribution < 1.29 is 19.4 Å². The van der Waals surface area contributed by atoms with Crippen molar-refractivity contribution in [3.8, 4) is 0 Å². The van der Waals surface area contributed by atoms with Gasteiger partial charge in [0.05, 0.1) is 12.1 Å². The molecule has 0 spiro atoms. The van der Waals surface area contributed by atoms with E-state index in [1.807, 2.05) is 39.0 Å². The molecule has 0 radical (unpaired) electrons. The third kappa shape index (κ3) is 5.19. The molecule has 1 aromatic carbocycles. The van der Waals surface area contributed by atoms with Gasteiger partial charge in [-0.15, -0.1) is 0 Å².